The second-order valence-corrected chi connectivity index (χ2v) is 3.86. The Bertz CT molecular complexity index is 217. The lowest BCUT2D eigenvalue weighted by Gasteiger charge is -2.16. The summed E-state index contributed by atoms with van der Waals surface area (Å²) in [5.74, 6) is -0.461. The van der Waals surface area contributed by atoms with Crippen molar-refractivity contribution in [1.29, 1.82) is 0 Å². The first-order valence-corrected chi connectivity index (χ1v) is 5.05. The van der Waals surface area contributed by atoms with Crippen molar-refractivity contribution < 1.29 is 14.3 Å². The van der Waals surface area contributed by atoms with Crippen LogP contribution < -0.4 is 11.1 Å². The van der Waals surface area contributed by atoms with Gasteiger partial charge in [-0.15, -0.1) is 0 Å². The van der Waals surface area contributed by atoms with Gasteiger partial charge in [-0.3, -0.25) is 9.59 Å². The minimum atomic E-state index is -0.455. The van der Waals surface area contributed by atoms with Gasteiger partial charge in [0.15, 0.2) is 0 Å². The van der Waals surface area contributed by atoms with Crippen molar-refractivity contribution in [3.05, 3.63) is 0 Å². The van der Waals surface area contributed by atoms with E-state index < -0.39 is 5.97 Å². The topological polar surface area (TPSA) is 81.4 Å². The number of hydrogen-bond donors (Lipinski definition) is 2. The van der Waals surface area contributed by atoms with Gasteiger partial charge in [0, 0.05) is 6.54 Å². The second kappa shape index (κ2) is 7.23. The fourth-order valence-electron chi connectivity index (χ4n) is 1.26. The fourth-order valence-corrected chi connectivity index (χ4v) is 1.26. The zero-order valence-electron chi connectivity index (χ0n) is 9.58. The molecular weight excluding hydrogens is 196 g/mol. The van der Waals surface area contributed by atoms with Crippen LogP contribution in [-0.2, 0) is 14.3 Å². The summed E-state index contributed by atoms with van der Waals surface area (Å²) in [6, 6.07) is 0. The molecule has 3 N–H and O–H groups in total. The molecule has 5 nitrogen and oxygen atoms in total. The molecule has 0 radical (unpaired) electrons. The molecule has 0 aliphatic carbocycles. The van der Waals surface area contributed by atoms with Crippen molar-refractivity contribution in [3.63, 3.8) is 0 Å². The summed E-state index contributed by atoms with van der Waals surface area (Å²) in [7, 11) is 1.28. The number of ether oxygens (including phenoxy) is 1. The summed E-state index contributed by atoms with van der Waals surface area (Å²) in [6.07, 6.45) is 0.726. The molecule has 0 aliphatic heterocycles. The molecule has 0 aromatic carbocycles. The molecule has 15 heavy (non-hydrogen) atoms. The molecular formula is C10H20N2O3. The van der Waals surface area contributed by atoms with Crippen molar-refractivity contribution in [1.82, 2.24) is 5.32 Å². The van der Waals surface area contributed by atoms with E-state index in [-0.39, 0.29) is 18.4 Å². The molecule has 1 atom stereocenters. The second-order valence-electron chi connectivity index (χ2n) is 3.86. The first kappa shape index (κ1) is 13.9. The van der Waals surface area contributed by atoms with Gasteiger partial charge in [-0.05, 0) is 12.3 Å². The van der Waals surface area contributed by atoms with Crippen LogP contribution in [0.1, 0.15) is 20.3 Å². The maximum absolute atomic E-state index is 11.5. The molecule has 0 fully saturated rings. The van der Waals surface area contributed by atoms with Gasteiger partial charge in [-0.1, -0.05) is 13.8 Å². The van der Waals surface area contributed by atoms with E-state index in [1.165, 1.54) is 7.11 Å². The van der Waals surface area contributed by atoms with Gasteiger partial charge in [0.25, 0.3) is 0 Å². The highest BCUT2D eigenvalue weighted by Gasteiger charge is 2.18. The average Bonchev–Trinajstić information content (AvgIpc) is 2.21. The predicted octanol–water partition coefficient (Wildman–Crippen LogP) is -0.103. The number of carbonyl (C=O) groups excluding carboxylic acids is 2. The summed E-state index contributed by atoms with van der Waals surface area (Å²) < 4.78 is 4.41. The Morgan fingerprint density at radius 3 is 2.40 bits per heavy atom. The number of rotatable bonds is 6. The van der Waals surface area contributed by atoms with Gasteiger partial charge < -0.3 is 15.8 Å². The number of esters is 1. The first-order valence-electron chi connectivity index (χ1n) is 5.05. The lowest BCUT2D eigenvalue weighted by molar-refractivity contribution is -0.141. The molecule has 1 amide bonds. The van der Waals surface area contributed by atoms with E-state index in [0.29, 0.717) is 12.5 Å². The first-order chi connectivity index (χ1) is 7.01. The Morgan fingerprint density at radius 1 is 1.40 bits per heavy atom. The molecule has 0 aliphatic rings. The Balaban J connectivity index is 3.99. The molecule has 0 aromatic heterocycles. The number of amides is 1. The molecule has 0 saturated carbocycles. The monoisotopic (exact) mass is 216 g/mol. The summed E-state index contributed by atoms with van der Waals surface area (Å²) >= 11 is 0. The van der Waals surface area contributed by atoms with Gasteiger partial charge in [0.2, 0.25) is 5.91 Å². The maximum Gasteiger partial charge on any atom is 0.325 e. The van der Waals surface area contributed by atoms with E-state index in [4.69, 9.17) is 5.73 Å². The van der Waals surface area contributed by atoms with E-state index in [1.54, 1.807) is 0 Å². The van der Waals surface area contributed by atoms with E-state index >= 15 is 0 Å². The third-order valence-electron chi connectivity index (χ3n) is 2.05. The third kappa shape index (κ3) is 6.06. The normalized spacial score (nSPS) is 12.3. The number of nitrogens with two attached hydrogens (primary N) is 1. The predicted molar refractivity (Wildman–Crippen MR) is 57.0 cm³/mol. The van der Waals surface area contributed by atoms with Gasteiger partial charge in [0.1, 0.15) is 6.54 Å². The van der Waals surface area contributed by atoms with Crippen LogP contribution in [0, 0.1) is 11.8 Å². The molecule has 0 bridgehead atoms. The molecule has 0 heterocycles. The average molecular weight is 216 g/mol. The number of methoxy groups -OCH3 is 1. The number of hydrogen-bond acceptors (Lipinski definition) is 4. The van der Waals surface area contributed by atoms with Crippen molar-refractivity contribution in [2.24, 2.45) is 17.6 Å². The number of carbonyl (C=O) groups is 2. The van der Waals surface area contributed by atoms with Crippen LogP contribution in [0.15, 0.2) is 0 Å². The Morgan fingerprint density at radius 2 is 2.00 bits per heavy atom. The third-order valence-corrected chi connectivity index (χ3v) is 2.05. The Labute approximate surface area is 90.4 Å². The molecule has 1 unspecified atom stereocenters. The standard InChI is InChI=1S/C10H20N2O3/c1-7(2)4-8(5-11)10(14)12-6-9(13)15-3/h7-8H,4-6,11H2,1-3H3,(H,12,14). The minimum absolute atomic E-state index is 0.0933. The maximum atomic E-state index is 11.5. The highest BCUT2D eigenvalue weighted by atomic mass is 16.5. The largest absolute Gasteiger partial charge is 0.468 e. The molecule has 5 heteroatoms. The summed E-state index contributed by atoms with van der Waals surface area (Å²) in [5, 5.41) is 2.50. The molecule has 0 rings (SSSR count). The van der Waals surface area contributed by atoms with Crippen molar-refractivity contribution >= 4 is 11.9 Å². The molecule has 0 saturated heterocycles. The van der Waals surface area contributed by atoms with Crippen LogP contribution >= 0.6 is 0 Å². The lowest BCUT2D eigenvalue weighted by atomic mass is 9.96. The summed E-state index contributed by atoms with van der Waals surface area (Å²) in [5.41, 5.74) is 5.48. The van der Waals surface area contributed by atoms with Crippen LogP contribution in [0.4, 0.5) is 0 Å². The van der Waals surface area contributed by atoms with E-state index in [9.17, 15) is 9.59 Å². The van der Waals surface area contributed by atoms with Crippen LogP contribution in [-0.4, -0.2) is 32.1 Å². The smallest absolute Gasteiger partial charge is 0.325 e. The SMILES string of the molecule is COC(=O)CNC(=O)C(CN)CC(C)C. The quantitative estimate of drug-likeness (QED) is 0.607. The van der Waals surface area contributed by atoms with Crippen molar-refractivity contribution in [3.8, 4) is 0 Å². The lowest BCUT2D eigenvalue weighted by Crippen LogP contribution is -2.38. The van der Waals surface area contributed by atoms with E-state index in [0.717, 1.165) is 6.42 Å². The van der Waals surface area contributed by atoms with Crippen LogP contribution in [0.3, 0.4) is 0 Å². The van der Waals surface area contributed by atoms with Crippen LogP contribution in [0.2, 0.25) is 0 Å². The zero-order chi connectivity index (χ0) is 11.8. The summed E-state index contributed by atoms with van der Waals surface area (Å²) in [6.45, 7) is 4.25. The zero-order valence-corrected chi connectivity index (χ0v) is 9.58. The molecule has 0 aromatic rings. The van der Waals surface area contributed by atoms with E-state index in [1.807, 2.05) is 13.8 Å². The fraction of sp³-hybridized carbons (Fsp3) is 0.800. The Hall–Kier alpha value is -1.10. The van der Waals surface area contributed by atoms with Gasteiger partial charge >= 0.3 is 5.97 Å². The van der Waals surface area contributed by atoms with Crippen LogP contribution in [0.5, 0.6) is 0 Å². The highest BCUT2D eigenvalue weighted by molar-refractivity contribution is 5.83. The molecule has 0 spiro atoms. The van der Waals surface area contributed by atoms with Gasteiger partial charge in [-0.2, -0.15) is 0 Å². The van der Waals surface area contributed by atoms with Gasteiger partial charge in [-0.25, -0.2) is 0 Å². The Kier molecular flexibility index (Phi) is 6.70. The van der Waals surface area contributed by atoms with Crippen molar-refractivity contribution in [2.45, 2.75) is 20.3 Å². The minimum Gasteiger partial charge on any atom is -0.468 e. The summed E-state index contributed by atoms with van der Waals surface area (Å²) in [4.78, 5) is 22.3. The highest BCUT2D eigenvalue weighted by Crippen LogP contribution is 2.10. The van der Waals surface area contributed by atoms with E-state index in [2.05, 4.69) is 10.1 Å². The van der Waals surface area contributed by atoms with Gasteiger partial charge in [0.05, 0.1) is 13.0 Å². The molecule has 88 valence electrons. The number of nitrogens with one attached hydrogen (secondary N) is 1. The van der Waals surface area contributed by atoms with Crippen molar-refractivity contribution in [2.75, 3.05) is 20.2 Å². The van der Waals surface area contributed by atoms with Crippen LogP contribution in [0.25, 0.3) is 0 Å².